The van der Waals surface area contributed by atoms with Crippen LogP contribution in [0.2, 0.25) is 0 Å². The third kappa shape index (κ3) is 2.88. The van der Waals surface area contributed by atoms with Crippen molar-refractivity contribution in [1.29, 1.82) is 0 Å². The van der Waals surface area contributed by atoms with Gasteiger partial charge in [0.2, 0.25) is 5.91 Å². The summed E-state index contributed by atoms with van der Waals surface area (Å²) in [6.07, 6.45) is 4.73. The van der Waals surface area contributed by atoms with Gasteiger partial charge in [0.1, 0.15) is 5.60 Å². The zero-order valence-electron chi connectivity index (χ0n) is 13.5. The highest BCUT2D eigenvalue weighted by Crippen LogP contribution is 2.40. The van der Waals surface area contributed by atoms with E-state index in [0.29, 0.717) is 6.54 Å². The molecule has 1 spiro atoms. The molecule has 3 aliphatic rings. The summed E-state index contributed by atoms with van der Waals surface area (Å²) < 4.78 is 6.16. The van der Waals surface area contributed by atoms with Gasteiger partial charge in [-0.3, -0.25) is 14.8 Å². The molecular weight excluding hydrogens is 294 g/mol. The lowest BCUT2D eigenvalue weighted by atomic mass is 9.84. The maximum atomic E-state index is 12.4. The fourth-order valence-corrected chi connectivity index (χ4v) is 4.00. The third-order valence-corrected chi connectivity index (χ3v) is 5.42. The molecule has 0 bridgehead atoms. The molecule has 0 atom stereocenters. The number of nitrogens with zero attached hydrogens (tertiary/aromatic N) is 3. The van der Waals surface area contributed by atoms with Crippen LogP contribution in [0, 0.1) is 0 Å². The van der Waals surface area contributed by atoms with Crippen LogP contribution in [0.4, 0.5) is 0 Å². The fraction of sp³-hybridized carbons (Fsp3) is 0.750. The number of piperidine rings is 1. The summed E-state index contributed by atoms with van der Waals surface area (Å²) in [4.78, 5) is 16.6. The van der Waals surface area contributed by atoms with E-state index < -0.39 is 0 Å². The van der Waals surface area contributed by atoms with Crippen molar-refractivity contribution < 1.29 is 9.53 Å². The number of rotatable bonds is 2. The first-order valence-corrected chi connectivity index (χ1v) is 8.64. The first kappa shape index (κ1) is 15.1. The van der Waals surface area contributed by atoms with Crippen LogP contribution >= 0.6 is 0 Å². The SMILES string of the molecule is O=C(CN1CCC2(CC1)OCCc1cn[nH]c12)N1CCNCC1. The van der Waals surface area contributed by atoms with Gasteiger partial charge in [0.25, 0.3) is 0 Å². The number of aromatic amines is 1. The first-order chi connectivity index (χ1) is 11.3. The van der Waals surface area contributed by atoms with Crippen LogP contribution < -0.4 is 5.32 Å². The predicted octanol–water partition coefficient (Wildman–Crippen LogP) is -0.295. The summed E-state index contributed by atoms with van der Waals surface area (Å²) >= 11 is 0. The number of likely N-dealkylation sites (tertiary alicyclic amines) is 1. The minimum Gasteiger partial charge on any atom is -0.368 e. The highest BCUT2D eigenvalue weighted by Gasteiger charge is 2.42. The number of hydrogen-bond acceptors (Lipinski definition) is 5. The molecule has 1 aromatic heterocycles. The van der Waals surface area contributed by atoms with Crippen LogP contribution in [-0.4, -0.2) is 78.3 Å². The maximum absolute atomic E-state index is 12.4. The number of hydrogen-bond donors (Lipinski definition) is 2. The van der Waals surface area contributed by atoms with E-state index in [1.54, 1.807) is 0 Å². The van der Waals surface area contributed by atoms with Crippen molar-refractivity contribution in [2.24, 2.45) is 0 Å². The lowest BCUT2D eigenvalue weighted by molar-refractivity contribution is -0.136. The molecule has 7 nitrogen and oxygen atoms in total. The van der Waals surface area contributed by atoms with Crippen LogP contribution in [0.3, 0.4) is 0 Å². The Hall–Kier alpha value is -1.44. The first-order valence-electron chi connectivity index (χ1n) is 8.64. The lowest BCUT2D eigenvalue weighted by Crippen LogP contribution is -2.52. The quantitative estimate of drug-likeness (QED) is 0.783. The number of carbonyl (C=O) groups is 1. The van der Waals surface area contributed by atoms with Gasteiger partial charge in [-0.25, -0.2) is 0 Å². The van der Waals surface area contributed by atoms with E-state index in [-0.39, 0.29) is 11.5 Å². The second-order valence-electron chi connectivity index (χ2n) is 6.77. The van der Waals surface area contributed by atoms with Gasteiger partial charge in [0.05, 0.1) is 25.0 Å². The number of nitrogens with one attached hydrogen (secondary N) is 2. The van der Waals surface area contributed by atoms with Crippen molar-refractivity contribution in [2.75, 3.05) is 52.4 Å². The molecule has 1 amide bonds. The van der Waals surface area contributed by atoms with E-state index in [9.17, 15) is 4.79 Å². The minimum absolute atomic E-state index is 0.210. The van der Waals surface area contributed by atoms with Crippen LogP contribution in [0.15, 0.2) is 6.20 Å². The number of ether oxygens (including phenoxy) is 1. The van der Waals surface area contributed by atoms with Crippen molar-refractivity contribution in [3.8, 4) is 0 Å². The van der Waals surface area contributed by atoms with E-state index in [1.807, 2.05) is 11.1 Å². The molecule has 7 heteroatoms. The van der Waals surface area contributed by atoms with E-state index in [1.165, 1.54) is 5.56 Å². The van der Waals surface area contributed by atoms with Crippen molar-refractivity contribution in [1.82, 2.24) is 25.3 Å². The number of piperazine rings is 1. The second-order valence-corrected chi connectivity index (χ2v) is 6.77. The molecule has 2 fully saturated rings. The summed E-state index contributed by atoms with van der Waals surface area (Å²) in [5, 5.41) is 10.6. The molecule has 0 aliphatic carbocycles. The summed E-state index contributed by atoms with van der Waals surface area (Å²) in [5.41, 5.74) is 2.25. The third-order valence-electron chi connectivity index (χ3n) is 5.42. The molecule has 2 saturated heterocycles. The molecule has 1 aromatic rings. The van der Waals surface area contributed by atoms with E-state index in [4.69, 9.17) is 4.74 Å². The molecule has 4 rings (SSSR count). The molecule has 3 aliphatic heterocycles. The van der Waals surface area contributed by atoms with Crippen molar-refractivity contribution in [3.63, 3.8) is 0 Å². The van der Waals surface area contributed by atoms with Gasteiger partial charge in [-0.2, -0.15) is 5.10 Å². The van der Waals surface area contributed by atoms with E-state index >= 15 is 0 Å². The molecule has 4 heterocycles. The normalized spacial score (nSPS) is 24.6. The predicted molar refractivity (Wildman–Crippen MR) is 85.0 cm³/mol. The Morgan fingerprint density at radius 1 is 1.26 bits per heavy atom. The monoisotopic (exact) mass is 319 g/mol. The summed E-state index contributed by atoms with van der Waals surface area (Å²) in [6, 6.07) is 0. The van der Waals surface area contributed by atoms with Gasteiger partial charge in [-0.05, 0) is 24.8 Å². The molecule has 23 heavy (non-hydrogen) atoms. The topological polar surface area (TPSA) is 73.5 Å². The van der Waals surface area contributed by atoms with Gasteiger partial charge in [0.15, 0.2) is 0 Å². The summed E-state index contributed by atoms with van der Waals surface area (Å²) in [7, 11) is 0. The van der Waals surface area contributed by atoms with Crippen LogP contribution in [0.1, 0.15) is 24.1 Å². The Labute approximate surface area is 136 Å². The van der Waals surface area contributed by atoms with Gasteiger partial charge >= 0.3 is 0 Å². The maximum Gasteiger partial charge on any atom is 0.236 e. The summed E-state index contributed by atoms with van der Waals surface area (Å²) in [5.74, 6) is 0.259. The minimum atomic E-state index is -0.210. The Bertz CT molecular complexity index is 559. The zero-order valence-corrected chi connectivity index (χ0v) is 13.5. The van der Waals surface area contributed by atoms with Crippen LogP contribution in [-0.2, 0) is 21.6 Å². The molecule has 0 unspecified atom stereocenters. The molecule has 2 N–H and O–H groups in total. The second kappa shape index (κ2) is 6.22. The van der Waals surface area contributed by atoms with Gasteiger partial charge in [-0.1, -0.05) is 0 Å². The van der Waals surface area contributed by atoms with Gasteiger partial charge in [0, 0.05) is 39.3 Å². The Kier molecular flexibility index (Phi) is 4.09. The Morgan fingerprint density at radius 3 is 2.83 bits per heavy atom. The molecule has 0 saturated carbocycles. The largest absolute Gasteiger partial charge is 0.368 e. The van der Waals surface area contributed by atoms with Crippen LogP contribution in [0.25, 0.3) is 0 Å². The standard InChI is InChI=1S/C16H25N5O2/c22-14(21-8-4-17-5-9-21)12-20-6-2-16(3-7-20)15-13(1-10-23-16)11-18-19-15/h11,17H,1-10,12H2,(H,18,19). The smallest absolute Gasteiger partial charge is 0.236 e. The highest BCUT2D eigenvalue weighted by atomic mass is 16.5. The molecule has 0 radical (unpaired) electrons. The number of carbonyl (C=O) groups excluding carboxylic acids is 1. The molecule has 0 aromatic carbocycles. The highest BCUT2D eigenvalue weighted by molar-refractivity contribution is 5.78. The zero-order chi connectivity index (χ0) is 15.7. The lowest BCUT2D eigenvalue weighted by Gasteiger charge is -2.43. The number of amides is 1. The fourth-order valence-electron chi connectivity index (χ4n) is 4.00. The average molecular weight is 319 g/mol. The molecular formula is C16H25N5O2. The number of aromatic nitrogens is 2. The summed E-state index contributed by atoms with van der Waals surface area (Å²) in [6.45, 7) is 6.58. The number of fused-ring (bicyclic) bond motifs is 2. The van der Waals surface area contributed by atoms with Gasteiger partial charge < -0.3 is 15.0 Å². The Morgan fingerprint density at radius 2 is 2.04 bits per heavy atom. The van der Waals surface area contributed by atoms with Crippen LogP contribution in [0.5, 0.6) is 0 Å². The Balaban J connectivity index is 1.36. The van der Waals surface area contributed by atoms with Gasteiger partial charge in [-0.15, -0.1) is 0 Å². The van der Waals surface area contributed by atoms with Crippen molar-refractivity contribution in [2.45, 2.75) is 24.9 Å². The number of H-pyrrole nitrogens is 1. The average Bonchev–Trinajstić information content (AvgIpc) is 3.08. The van der Waals surface area contributed by atoms with Crippen molar-refractivity contribution >= 4 is 5.91 Å². The van der Waals surface area contributed by atoms with E-state index in [0.717, 1.165) is 70.8 Å². The van der Waals surface area contributed by atoms with E-state index in [2.05, 4.69) is 20.4 Å². The molecule has 126 valence electrons. The van der Waals surface area contributed by atoms with Crippen molar-refractivity contribution in [3.05, 3.63) is 17.5 Å².